The minimum atomic E-state index is -0.573. The molecule has 0 fully saturated rings. The highest BCUT2D eigenvalue weighted by molar-refractivity contribution is 8.00. The van der Waals surface area contributed by atoms with Crippen LogP contribution in [0.3, 0.4) is 0 Å². The van der Waals surface area contributed by atoms with Crippen molar-refractivity contribution in [2.45, 2.75) is 4.90 Å². The van der Waals surface area contributed by atoms with Crippen LogP contribution in [0.5, 0.6) is 11.5 Å². The van der Waals surface area contributed by atoms with E-state index in [1.54, 1.807) is 84.9 Å². The molecule has 0 unspecified atom stereocenters. The Bertz CT molecular complexity index is 1610. The van der Waals surface area contributed by atoms with Crippen LogP contribution in [0.4, 0.5) is 15.8 Å². The zero-order chi connectivity index (χ0) is 29.9. The van der Waals surface area contributed by atoms with Crippen molar-refractivity contribution in [3.63, 3.8) is 0 Å². The van der Waals surface area contributed by atoms with Crippen molar-refractivity contribution in [1.29, 1.82) is 0 Å². The molecular formula is C32H28FN3O5S. The monoisotopic (exact) mass is 585 g/mol. The van der Waals surface area contributed by atoms with Gasteiger partial charge in [-0.05, 0) is 60.7 Å². The zero-order valence-electron chi connectivity index (χ0n) is 22.8. The van der Waals surface area contributed by atoms with Gasteiger partial charge in [-0.2, -0.15) is 0 Å². The molecule has 10 heteroatoms. The largest absolute Gasteiger partial charge is 0.497 e. The zero-order valence-corrected chi connectivity index (χ0v) is 23.7. The minimum Gasteiger partial charge on any atom is -0.497 e. The van der Waals surface area contributed by atoms with Gasteiger partial charge in [0.25, 0.3) is 11.8 Å². The van der Waals surface area contributed by atoms with Crippen molar-refractivity contribution in [2.75, 3.05) is 30.6 Å². The number of thioether (sulfide) groups is 1. The molecular weight excluding hydrogens is 557 g/mol. The van der Waals surface area contributed by atoms with Crippen LogP contribution in [0.2, 0.25) is 0 Å². The molecule has 0 aliphatic rings. The molecule has 0 saturated carbocycles. The smallest absolute Gasteiger partial charge is 0.272 e. The van der Waals surface area contributed by atoms with Crippen LogP contribution in [-0.4, -0.2) is 37.7 Å². The summed E-state index contributed by atoms with van der Waals surface area (Å²) in [6.07, 6.45) is 1.51. The summed E-state index contributed by atoms with van der Waals surface area (Å²) >= 11 is 1.22. The number of amides is 3. The molecule has 0 aliphatic carbocycles. The Balaban J connectivity index is 1.51. The van der Waals surface area contributed by atoms with Gasteiger partial charge >= 0.3 is 0 Å². The molecule has 0 spiro atoms. The fraction of sp³-hybridized carbons (Fsp3) is 0.0938. The van der Waals surface area contributed by atoms with E-state index < -0.39 is 17.6 Å². The lowest BCUT2D eigenvalue weighted by Gasteiger charge is -2.13. The van der Waals surface area contributed by atoms with Crippen molar-refractivity contribution in [3.8, 4) is 11.5 Å². The topological polar surface area (TPSA) is 106 Å². The van der Waals surface area contributed by atoms with Crippen molar-refractivity contribution < 1.29 is 28.2 Å². The van der Waals surface area contributed by atoms with Gasteiger partial charge in [-0.3, -0.25) is 14.4 Å². The lowest BCUT2D eigenvalue weighted by molar-refractivity contribution is -0.114. The maximum absolute atomic E-state index is 13.8. The molecule has 0 saturated heterocycles. The van der Waals surface area contributed by atoms with Gasteiger partial charge in [0, 0.05) is 27.8 Å². The van der Waals surface area contributed by atoms with Crippen LogP contribution in [0.15, 0.2) is 108 Å². The standard InChI is InChI=1S/C32H28FN3O5S/c1-40-24-16-15-22(29(19-24)41-2)17-28(36-31(38)21-9-4-3-5-10-21)32(39)34-23-11-8-12-25(18-23)42-20-30(37)35-27-14-7-6-13-26(27)33/h3-19H,20H2,1-2H3,(H,34,39)(H,35,37)(H,36,38)/b28-17+. The summed E-state index contributed by atoms with van der Waals surface area (Å²) in [5, 5.41) is 8.05. The molecule has 0 radical (unpaired) electrons. The van der Waals surface area contributed by atoms with E-state index >= 15 is 0 Å². The van der Waals surface area contributed by atoms with Gasteiger partial charge in [0.05, 0.1) is 25.7 Å². The second kappa shape index (κ2) is 14.5. The van der Waals surface area contributed by atoms with Gasteiger partial charge in [0.2, 0.25) is 5.91 Å². The molecule has 0 bridgehead atoms. The average molecular weight is 586 g/mol. The maximum atomic E-state index is 13.8. The second-order valence-corrected chi connectivity index (χ2v) is 9.83. The number of methoxy groups -OCH3 is 2. The number of hydrogen-bond acceptors (Lipinski definition) is 6. The highest BCUT2D eigenvalue weighted by Gasteiger charge is 2.17. The Morgan fingerprint density at radius 2 is 1.60 bits per heavy atom. The Labute approximate surface area is 246 Å². The SMILES string of the molecule is COc1ccc(/C=C(/NC(=O)c2ccccc2)C(=O)Nc2cccc(SCC(=O)Nc3ccccc3F)c2)c(OC)c1. The van der Waals surface area contributed by atoms with Crippen LogP contribution in [-0.2, 0) is 9.59 Å². The molecule has 4 aromatic rings. The summed E-state index contributed by atoms with van der Waals surface area (Å²) in [5.74, 6) is -0.883. The summed E-state index contributed by atoms with van der Waals surface area (Å²) < 4.78 is 24.5. The number of nitrogens with one attached hydrogen (secondary N) is 3. The third-order valence-corrected chi connectivity index (χ3v) is 6.87. The molecule has 0 aromatic heterocycles. The first-order chi connectivity index (χ1) is 20.4. The molecule has 214 valence electrons. The summed E-state index contributed by atoms with van der Waals surface area (Å²) in [4.78, 5) is 39.5. The van der Waals surface area contributed by atoms with Gasteiger partial charge in [0.15, 0.2) is 0 Å². The molecule has 8 nitrogen and oxygen atoms in total. The fourth-order valence-electron chi connectivity index (χ4n) is 3.80. The van der Waals surface area contributed by atoms with E-state index in [-0.39, 0.29) is 23.0 Å². The summed E-state index contributed by atoms with van der Waals surface area (Å²) in [6.45, 7) is 0. The highest BCUT2D eigenvalue weighted by Crippen LogP contribution is 2.27. The molecule has 0 heterocycles. The Morgan fingerprint density at radius 1 is 0.833 bits per heavy atom. The maximum Gasteiger partial charge on any atom is 0.272 e. The summed E-state index contributed by atoms with van der Waals surface area (Å²) in [6, 6.07) is 26.4. The van der Waals surface area contributed by atoms with E-state index in [0.29, 0.717) is 33.2 Å². The molecule has 3 amide bonds. The van der Waals surface area contributed by atoms with Crippen LogP contribution < -0.4 is 25.4 Å². The van der Waals surface area contributed by atoms with Crippen molar-refractivity contribution in [3.05, 3.63) is 120 Å². The minimum absolute atomic E-state index is 0.0189. The Morgan fingerprint density at radius 3 is 2.33 bits per heavy atom. The number of ether oxygens (including phenoxy) is 2. The predicted molar refractivity (Wildman–Crippen MR) is 162 cm³/mol. The van der Waals surface area contributed by atoms with E-state index in [0.717, 1.165) is 0 Å². The number of carbonyl (C=O) groups is 3. The molecule has 4 aromatic carbocycles. The number of rotatable bonds is 11. The van der Waals surface area contributed by atoms with Crippen molar-refractivity contribution >= 4 is 46.9 Å². The molecule has 3 N–H and O–H groups in total. The van der Waals surface area contributed by atoms with Gasteiger partial charge in [-0.15, -0.1) is 11.8 Å². The number of para-hydroxylation sites is 1. The predicted octanol–water partition coefficient (Wildman–Crippen LogP) is 5.98. The number of carbonyl (C=O) groups excluding carboxylic acids is 3. The number of halogens is 1. The first kappa shape index (κ1) is 29.9. The first-order valence-electron chi connectivity index (χ1n) is 12.7. The molecule has 0 atom stereocenters. The van der Waals surface area contributed by atoms with E-state index in [4.69, 9.17) is 9.47 Å². The van der Waals surface area contributed by atoms with Crippen molar-refractivity contribution in [1.82, 2.24) is 5.32 Å². The molecule has 0 aliphatic heterocycles. The highest BCUT2D eigenvalue weighted by atomic mass is 32.2. The summed E-state index contributed by atoms with van der Waals surface area (Å²) in [5.41, 5.74) is 1.46. The van der Waals surface area contributed by atoms with Gasteiger partial charge in [-0.1, -0.05) is 36.4 Å². The normalized spacial score (nSPS) is 10.9. The summed E-state index contributed by atoms with van der Waals surface area (Å²) in [7, 11) is 3.03. The lowest BCUT2D eigenvalue weighted by Crippen LogP contribution is -2.30. The third-order valence-electron chi connectivity index (χ3n) is 5.88. The van der Waals surface area contributed by atoms with Gasteiger partial charge in [0.1, 0.15) is 23.0 Å². The van der Waals surface area contributed by atoms with E-state index in [2.05, 4.69) is 16.0 Å². The Kier molecular flexibility index (Phi) is 10.3. The third kappa shape index (κ3) is 8.21. The second-order valence-electron chi connectivity index (χ2n) is 8.78. The number of benzene rings is 4. The first-order valence-corrected chi connectivity index (χ1v) is 13.7. The average Bonchev–Trinajstić information content (AvgIpc) is 3.01. The van der Waals surface area contributed by atoms with Gasteiger partial charge in [-0.25, -0.2) is 4.39 Å². The Hall–Kier alpha value is -5.09. The van der Waals surface area contributed by atoms with Crippen molar-refractivity contribution in [2.24, 2.45) is 0 Å². The molecule has 42 heavy (non-hydrogen) atoms. The fourth-order valence-corrected chi connectivity index (χ4v) is 4.55. The van der Waals surface area contributed by atoms with E-state index in [1.807, 2.05) is 0 Å². The quantitative estimate of drug-likeness (QED) is 0.148. The number of anilines is 2. The number of hydrogen-bond donors (Lipinski definition) is 3. The van der Waals surface area contributed by atoms with Crippen LogP contribution in [0, 0.1) is 5.82 Å². The lowest BCUT2D eigenvalue weighted by atomic mass is 10.1. The van der Waals surface area contributed by atoms with Crippen LogP contribution >= 0.6 is 11.8 Å². The van der Waals surface area contributed by atoms with E-state index in [1.165, 1.54) is 44.2 Å². The van der Waals surface area contributed by atoms with Crippen LogP contribution in [0.1, 0.15) is 15.9 Å². The molecule has 4 rings (SSSR count). The van der Waals surface area contributed by atoms with Crippen LogP contribution in [0.25, 0.3) is 6.08 Å². The van der Waals surface area contributed by atoms with Gasteiger partial charge < -0.3 is 25.4 Å². The van der Waals surface area contributed by atoms with E-state index in [9.17, 15) is 18.8 Å².